The Morgan fingerprint density at radius 2 is 2.33 bits per heavy atom. The molecule has 0 saturated carbocycles. The number of aromatic nitrogens is 2. The van der Waals surface area contributed by atoms with Crippen LogP contribution in [0.5, 0.6) is 0 Å². The third-order valence-corrected chi connectivity index (χ3v) is 3.08. The molecule has 0 unspecified atom stereocenters. The number of hydrogen-bond acceptors (Lipinski definition) is 3. The van der Waals surface area contributed by atoms with Gasteiger partial charge in [0.2, 0.25) is 0 Å². The van der Waals surface area contributed by atoms with Crippen molar-refractivity contribution >= 4 is 22.8 Å². The smallest absolute Gasteiger partial charge is 0.166 e. The van der Waals surface area contributed by atoms with Crippen LogP contribution in [0.15, 0.2) is 23.4 Å². The van der Waals surface area contributed by atoms with Gasteiger partial charge in [0.05, 0.1) is 11.0 Å². The SMILES string of the molecule is CNCCSc1nc2ccc(C)cc2[nH]1. The molecule has 0 aliphatic rings. The summed E-state index contributed by atoms with van der Waals surface area (Å²) in [5.41, 5.74) is 3.44. The standard InChI is InChI=1S/C11H15N3S/c1-8-3-4-9-10(7-8)14-11(13-9)15-6-5-12-2/h3-4,7,12H,5-6H2,1-2H3,(H,13,14). The maximum Gasteiger partial charge on any atom is 0.166 e. The molecule has 1 aromatic carbocycles. The van der Waals surface area contributed by atoms with Crippen LogP contribution in [0, 0.1) is 6.92 Å². The van der Waals surface area contributed by atoms with Gasteiger partial charge in [0.15, 0.2) is 5.16 Å². The highest BCUT2D eigenvalue weighted by Crippen LogP contribution is 2.19. The van der Waals surface area contributed by atoms with Crippen LogP contribution in [0.4, 0.5) is 0 Å². The molecule has 0 saturated heterocycles. The summed E-state index contributed by atoms with van der Waals surface area (Å²) in [6.07, 6.45) is 0. The molecule has 1 heterocycles. The highest BCUT2D eigenvalue weighted by molar-refractivity contribution is 7.99. The molecule has 0 atom stereocenters. The van der Waals surface area contributed by atoms with E-state index in [1.54, 1.807) is 11.8 Å². The average molecular weight is 221 g/mol. The summed E-state index contributed by atoms with van der Waals surface area (Å²) in [6.45, 7) is 3.09. The normalized spacial score (nSPS) is 11.1. The number of rotatable bonds is 4. The molecule has 0 bridgehead atoms. The van der Waals surface area contributed by atoms with Gasteiger partial charge in [-0.15, -0.1) is 0 Å². The first kappa shape index (κ1) is 10.5. The van der Waals surface area contributed by atoms with Gasteiger partial charge < -0.3 is 10.3 Å². The fourth-order valence-corrected chi connectivity index (χ4v) is 2.26. The molecule has 80 valence electrons. The number of fused-ring (bicyclic) bond motifs is 1. The molecule has 4 heteroatoms. The average Bonchev–Trinajstić information content (AvgIpc) is 2.60. The molecule has 1 aromatic heterocycles. The second-order valence-electron chi connectivity index (χ2n) is 3.51. The Labute approximate surface area is 93.7 Å². The molecular formula is C11H15N3S. The molecule has 0 aliphatic heterocycles. The topological polar surface area (TPSA) is 40.7 Å². The number of aryl methyl sites for hydroxylation is 1. The predicted octanol–water partition coefficient (Wildman–Crippen LogP) is 2.18. The van der Waals surface area contributed by atoms with E-state index in [-0.39, 0.29) is 0 Å². The number of nitrogens with zero attached hydrogens (tertiary/aromatic N) is 1. The first-order chi connectivity index (χ1) is 7.29. The number of thioether (sulfide) groups is 1. The molecule has 15 heavy (non-hydrogen) atoms. The van der Waals surface area contributed by atoms with E-state index in [1.807, 2.05) is 7.05 Å². The van der Waals surface area contributed by atoms with E-state index in [1.165, 1.54) is 5.56 Å². The summed E-state index contributed by atoms with van der Waals surface area (Å²) in [4.78, 5) is 7.82. The van der Waals surface area contributed by atoms with Crippen molar-refractivity contribution in [1.29, 1.82) is 0 Å². The Kier molecular flexibility index (Phi) is 3.28. The van der Waals surface area contributed by atoms with Gasteiger partial charge >= 0.3 is 0 Å². The third-order valence-electron chi connectivity index (χ3n) is 2.21. The summed E-state index contributed by atoms with van der Waals surface area (Å²) < 4.78 is 0. The van der Waals surface area contributed by atoms with Gasteiger partial charge in [0, 0.05) is 12.3 Å². The van der Waals surface area contributed by atoms with Crippen LogP contribution >= 0.6 is 11.8 Å². The lowest BCUT2D eigenvalue weighted by Gasteiger charge is -1.95. The van der Waals surface area contributed by atoms with Crippen molar-refractivity contribution in [2.45, 2.75) is 12.1 Å². The van der Waals surface area contributed by atoms with E-state index in [9.17, 15) is 0 Å². The molecule has 0 amide bonds. The lowest BCUT2D eigenvalue weighted by Crippen LogP contribution is -2.09. The van der Waals surface area contributed by atoms with Gasteiger partial charge in [-0.05, 0) is 31.7 Å². The maximum absolute atomic E-state index is 4.51. The Morgan fingerprint density at radius 3 is 3.13 bits per heavy atom. The number of benzene rings is 1. The monoisotopic (exact) mass is 221 g/mol. The molecule has 0 aliphatic carbocycles. The van der Waals surface area contributed by atoms with Crippen LogP contribution in [0.1, 0.15) is 5.56 Å². The van der Waals surface area contributed by atoms with Crippen molar-refractivity contribution in [3.8, 4) is 0 Å². The second-order valence-corrected chi connectivity index (χ2v) is 4.60. The van der Waals surface area contributed by atoms with Crippen LogP contribution in [-0.4, -0.2) is 29.3 Å². The molecule has 0 fully saturated rings. The van der Waals surface area contributed by atoms with Crippen LogP contribution in [-0.2, 0) is 0 Å². The Bertz CT molecular complexity index is 450. The van der Waals surface area contributed by atoms with Crippen LogP contribution in [0.3, 0.4) is 0 Å². The van der Waals surface area contributed by atoms with E-state index in [0.29, 0.717) is 0 Å². The van der Waals surface area contributed by atoms with Crippen LogP contribution in [0.25, 0.3) is 11.0 Å². The van der Waals surface area contributed by atoms with Crippen molar-refractivity contribution < 1.29 is 0 Å². The number of nitrogens with one attached hydrogen (secondary N) is 2. The van der Waals surface area contributed by atoms with E-state index in [2.05, 4.69) is 40.4 Å². The molecule has 2 aromatic rings. The van der Waals surface area contributed by atoms with Crippen molar-refractivity contribution in [3.05, 3.63) is 23.8 Å². The van der Waals surface area contributed by atoms with Gasteiger partial charge in [0.25, 0.3) is 0 Å². The fraction of sp³-hybridized carbons (Fsp3) is 0.364. The number of imidazole rings is 1. The summed E-state index contributed by atoms with van der Waals surface area (Å²) >= 11 is 1.75. The van der Waals surface area contributed by atoms with Gasteiger partial charge in [-0.1, -0.05) is 17.8 Å². The van der Waals surface area contributed by atoms with Crippen molar-refractivity contribution in [2.24, 2.45) is 0 Å². The highest BCUT2D eigenvalue weighted by atomic mass is 32.2. The van der Waals surface area contributed by atoms with Crippen LogP contribution < -0.4 is 5.32 Å². The van der Waals surface area contributed by atoms with Gasteiger partial charge in [-0.3, -0.25) is 0 Å². The Balaban J connectivity index is 2.16. The molecule has 0 spiro atoms. The summed E-state index contributed by atoms with van der Waals surface area (Å²) in [6, 6.07) is 6.28. The van der Waals surface area contributed by atoms with Gasteiger partial charge in [-0.25, -0.2) is 4.98 Å². The summed E-state index contributed by atoms with van der Waals surface area (Å²) in [7, 11) is 1.96. The predicted molar refractivity (Wildman–Crippen MR) is 65.5 cm³/mol. The molecule has 2 N–H and O–H groups in total. The minimum absolute atomic E-state index is 1.00. The van der Waals surface area contributed by atoms with Gasteiger partial charge in [0.1, 0.15) is 0 Å². The quantitative estimate of drug-likeness (QED) is 0.614. The number of aromatic amines is 1. The number of H-pyrrole nitrogens is 1. The van der Waals surface area contributed by atoms with Crippen molar-refractivity contribution in [2.75, 3.05) is 19.3 Å². The zero-order valence-corrected chi connectivity index (χ0v) is 9.82. The fourth-order valence-electron chi connectivity index (χ4n) is 1.42. The first-order valence-corrected chi connectivity index (χ1v) is 6.02. The van der Waals surface area contributed by atoms with E-state index in [0.717, 1.165) is 28.5 Å². The second kappa shape index (κ2) is 4.68. The molecule has 0 radical (unpaired) electrons. The lowest BCUT2D eigenvalue weighted by molar-refractivity contribution is 0.870. The third kappa shape index (κ3) is 2.52. The highest BCUT2D eigenvalue weighted by Gasteiger charge is 2.02. The lowest BCUT2D eigenvalue weighted by atomic mass is 10.2. The van der Waals surface area contributed by atoms with E-state index >= 15 is 0 Å². The first-order valence-electron chi connectivity index (χ1n) is 5.03. The van der Waals surface area contributed by atoms with Crippen molar-refractivity contribution in [3.63, 3.8) is 0 Å². The van der Waals surface area contributed by atoms with Crippen LogP contribution in [0.2, 0.25) is 0 Å². The van der Waals surface area contributed by atoms with E-state index in [4.69, 9.17) is 0 Å². The number of hydrogen-bond donors (Lipinski definition) is 2. The zero-order valence-electron chi connectivity index (χ0n) is 9.00. The molecule has 3 nitrogen and oxygen atoms in total. The Hall–Kier alpha value is -1.00. The molecular weight excluding hydrogens is 206 g/mol. The van der Waals surface area contributed by atoms with Crippen molar-refractivity contribution in [1.82, 2.24) is 15.3 Å². The molecule has 2 rings (SSSR count). The minimum atomic E-state index is 1.00. The Morgan fingerprint density at radius 1 is 1.47 bits per heavy atom. The maximum atomic E-state index is 4.51. The van der Waals surface area contributed by atoms with E-state index < -0.39 is 0 Å². The zero-order chi connectivity index (χ0) is 10.7. The minimum Gasteiger partial charge on any atom is -0.333 e. The summed E-state index contributed by atoms with van der Waals surface area (Å²) in [5, 5.41) is 4.12. The summed E-state index contributed by atoms with van der Waals surface area (Å²) in [5.74, 6) is 1.04. The largest absolute Gasteiger partial charge is 0.333 e. The van der Waals surface area contributed by atoms with Gasteiger partial charge in [-0.2, -0.15) is 0 Å².